The fraction of sp³-hybridized carbons (Fsp3) is 0.333. The van der Waals surface area contributed by atoms with E-state index in [2.05, 4.69) is 25.2 Å². The lowest BCUT2D eigenvalue weighted by molar-refractivity contribution is 0.0933. The SMILES string of the molecule is O=C(N[C@H]1CCCN(c2cnccn2)C1)c1ccncc1. The highest BCUT2D eigenvalue weighted by Gasteiger charge is 2.22. The average Bonchev–Trinajstić information content (AvgIpc) is 2.57. The minimum Gasteiger partial charge on any atom is -0.353 e. The van der Waals surface area contributed by atoms with Gasteiger partial charge in [-0.2, -0.15) is 0 Å². The smallest absolute Gasteiger partial charge is 0.251 e. The summed E-state index contributed by atoms with van der Waals surface area (Å²) >= 11 is 0. The van der Waals surface area contributed by atoms with Crippen molar-refractivity contribution in [3.8, 4) is 0 Å². The number of amides is 1. The Balaban J connectivity index is 1.63. The van der Waals surface area contributed by atoms with Crippen molar-refractivity contribution in [1.82, 2.24) is 20.3 Å². The summed E-state index contributed by atoms with van der Waals surface area (Å²) in [4.78, 5) is 26.7. The van der Waals surface area contributed by atoms with Crippen LogP contribution in [0.1, 0.15) is 23.2 Å². The van der Waals surface area contributed by atoms with E-state index in [4.69, 9.17) is 0 Å². The number of hydrogen-bond donors (Lipinski definition) is 1. The number of anilines is 1. The van der Waals surface area contributed by atoms with Gasteiger partial charge in [-0.3, -0.25) is 14.8 Å². The first-order valence-electron chi connectivity index (χ1n) is 7.05. The number of hydrogen-bond acceptors (Lipinski definition) is 5. The molecule has 0 spiro atoms. The number of carbonyl (C=O) groups is 1. The van der Waals surface area contributed by atoms with Gasteiger partial charge in [-0.25, -0.2) is 4.98 Å². The summed E-state index contributed by atoms with van der Waals surface area (Å²) in [5.74, 6) is 0.809. The second-order valence-corrected chi connectivity index (χ2v) is 5.06. The third-order valence-electron chi connectivity index (χ3n) is 3.57. The summed E-state index contributed by atoms with van der Waals surface area (Å²) in [6, 6.07) is 3.57. The number of nitrogens with one attached hydrogen (secondary N) is 1. The van der Waals surface area contributed by atoms with E-state index in [1.54, 1.807) is 43.1 Å². The van der Waals surface area contributed by atoms with Gasteiger partial charge in [-0.15, -0.1) is 0 Å². The van der Waals surface area contributed by atoms with E-state index in [0.717, 1.165) is 31.7 Å². The zero-order valence-electron chi connectivity index (χ0n) is 11.6. The highest BCUT2D eigenvalue weighted by molar-refractivity contribution is 5.94. The first-order chi connectivity index (χ1) is 10.3. The topological polar surface area (TPSA) is 71.0 Å². The third-order valence-corrected chi connectivity index (χ3v) is 3.57. The molecule has 3 rings (SSSR count). The molecule has 1 fully saturated rings. The van der Waals surface area contributed by atoms with Crippen LogP contribution in [0, 0.1) is 0 Å². The molecule has 0 aliphatic carbocycles. The Morgan fingerprint density at radius 2 is 2.05 bits per heavy atom. The van der Waals surface area contributed by atoms with Gasteiger partial charge in [0.25, 0.3) is 5.91 Å². The molecule has 108 valence electrons. The molecular formula is C15H17N5O. The highest BCUT2D eigenvalue weighted by atomic mass is 16.1. The minimum absolute atomic E-state index is 0.0524. The highest BCUT2D eigenvalue weighted by Crippen LogP contribution is 2.16. The predicted molar refractivity (Wildman–Crippen MR) is 79.0 cm³/mol. The van der Waals surface area contributed by atoms with Crippen molar-refractivity contribution in [3.05, 3.63) is 48.7 Å². The van der Waals surface area contributed by atoms with Crippen molar-refractivity contribution in [2.24, 2.45) is 0 Å². The molecule has 1 aliphatic rings. The van der Waals surface area contributed by atoms with Crippen molar-refractivity contribution in [2.75, 3.05) is 18.0 Å². The Bertz CT molecular complexity index is 590. The van der Waals surface area contributed by atoms with E-state index in [-0.39, 0.29) is 11.9 Å². The van der Waals surface area contributed by atoms with E-state index in [9.17, 15) is 4.79 Å². The molecule has 0 radical (unpaired) electrons. The average molecular weight is 283 g/mol. The van der Waals surface area contributed by atoms with Crippen LogP contribution in [0.15, 0.2) is 43.1 Å². The number of pyridine rings is 1. The molecule has 1 atom stereocenters. The molecule has 1 N–H and O–H groups in total. The van der Waals surface area contributed by atoms with Crippen molar-refractivity contribution in [2.45, 2.75) is 18.9 Å². The number of piperidine rings is 1. The number of carbonyl (C=O) groups excluding carboxylic acids is 1. The zero-order valence-corrected chi connectivity index (χ0v) is 11.6. The first-order valence-corrected chi connectivity index (χ1v) is 7.05. The lowest BCUT2D eigenvalue weighted by Crippen LogP contribution is -2.48. The van der Waals surface area contributed by atoms with E-state index >= 15 is 0 Å². The fourth-order valence-electron chi connectivity index (χ4n) is 2.53. The van der Waals surface area contributed by atoms with Crippen molar-refractivity contribution in [3.63, 3.8) is 0 Å². The second kappa shape index (κ2) is 6.30. The Kier molecular flexibility index (Phi) is 4.04. The normalized spacial score (nSPS) is 18.3. The van der Waals surface area contributed by atoms with E-state index in [1.165, 1.54) is 0 Å². The minimum atomic E-state index is -0.0524. The van der Waals surface area contributed by atoms with Gasteiger partial charge in [0, 0.05) is 49.5 Å². The van der Waals surface area contributed by atoms with Crippen LogP contribution >= 0.6 is 0 Å². The van der Waals surface area contributed by atoms with E-state index in [1.807, 2.05) is 0 Å². The molecule has 0 aromatic carbocycles. The van der Waals surface area contributed by atoms with E-state index < -0.39 is 0 Å². The van der Waals surface area contributed by atoms with Crippen LogP contribution in [0.2, 0.25) is 0 Å². The fourth-order valence-corrected chi connectivity index (χ4v) is 2.53. The second-order valence-electron chi connectivity index (χ2n) is 5.06. The number of nitrogens with zero attached hydrogens (tertiary/aromatic N) is 4. The Morgan fingerprint density at radius 3 is 2.81 bits per heavy atom. The predicted octanol–water partition coefficient (Wildman–Crippen LogP) is 1.27. The van der Waals surface area contributed by atoms with Gasteiger partial charge in [-0.05, 0) is 25.0 Å². The van der Waals surface area contributed by atoms with Crippen molar-refractivity contribution < 1.29 is 4.79 Å². The lowest BCUT2D eigenvalue weighted by atomic mass is 10.1. The number of aromatic nitrogens is 3. The molecule has 21 heavy (non-hydrogen) atoms. The molecule has 3 heterocycles. The van der Waals surface area contributed by atoms with Crippen molar-refractivity contribution >= 4 is 11.7 Å². The standard InChI is InChI=1S/C15H17N5O/c21-15(12-3-5-16-6-4-12)19-13-2-1-9-20(11-13)14-10-17-7-8-18-14/h3-8,10,13H,1-2,9,11H2,(H,19,21)/t13-/m0/s1. The summed E-state index contributed by atoms with van der Waals surface area (Å²) in [5.41, 5.74) is 0.640. The van der Waals surface area contributed by atoms with E-state index in [0.29, 0.717) is 5.56 Å². The van der Waals surface area contributed by atoms with Crippen LogP contribution in [0.25, 0.3) is 0 Å². The maximum absolute atomic E-state index is 12.2. The lowest BCUT2D eigenvalue weighted by Gasteiger charge is -2.33. The maximum Gasteiger partial charge on any atom is 0.251 e. The van der Waals surface area contributed by atoms with Crippen LogP contribution in [-0.2, 0) is 0 Å². The van der Waals surface area contributed by atoms with Gasteiger partial charge in [0.15, 0.2) is 0 Å². The molecule has 6 heteroatoms. The monoisotopic (exact) mass is 283 g/mol. The molecule has 2 aromatic rings. The van der Waals surface area contributed by atoms with Gasteiger partial charge < -0.3 is 10.2 Å². The largest absolute Gasteiger partial charge is 0.353 e. The molecule has 6 nitrogen and oxygen atoms in total. The Hall–Kier alpha value is -2.50. The van der Waals surface area contributed by atoms with Crippen LogP contribution in [0.4, 0.5) is 5.82 Å². The first kappa shape index (κ1) is 13.5. The molecule has 2 aromatic heterocycles. The van der Waals surface area contributed by atoms with Crippen LogP contribution < -0.4 is 10.2 Å². The third kappa shape index (κ3) is 3.34. The summed E-state index contributed by atoms with van der Waals surface area (Å²) in [7, 11) is 0. The summed E-state index contributed by atoms with van der Waals surface area (Å²) < 4.78 is 0. The molecule has 1 amide bonds. The molecular weight excluding hydrogens is 266 g/mol. The van der Waals surface area contributed by atoms with Crippen LogP contribution in [-0.4, -0.2) is 40.0 Å². The Morgan fingerprint density at radius 1 is 1.19 bits per heavy atom. The van der Waals surface area contributed by atoms with Gasteiger partial charge in [0.2, 0.25) is 0 Å². The van der Waals surface area contributed by atoms with Crippen LogP contribution in [0.3, 0.4) is 0 Å². The molecule has 0 bridgehead atoms. The number of rotatable bonds is 3. The summed E-state index contributed by atoms with van der Waals surface area (Å²) in [5, 5.41) is 3.08. The van der Waals surface area contributed by atoms with Gasteiger partial charge >= 0.3 is 0 Å². The quantitative estimate of drug-likeness (QED) is 0.918. The maximum atomic E-state index is 12.2. The molecule has 0 unspecified atom stereocenters. The Labute approximate surface area is 123 Å². The van der Waals surface area contributed by atoms with Gasteiger partial charge in [-0.1, -0.05) is 0 Å². The zero-order chi connectivity index (χ0) is 14.5. The van der Waals surface area contributed by atoms with Crippen molar-refractivity contribution in [1.29, 1.82) is 0 Å². The summed E-state index contributed by atoms with van der Waals surface area (Å²) in [6.45, 7) is 1.70. The summed E-state index contributed by atoms with van der Waals surface area (Å²) in [6.07, 6.45) is 10.4. The van der Waals surface area contributed by atoms with Gasteiger partial charge in [0.05, 0.1) is 6.20 Å². The van der Waals surface area contributed by atoms with Crippen LogP contribution in [0.5, 0.6) is 0 Å². The molecule has 1 saturated heterocycles. The molecule has 1 aliphatic heterocycles. The van der Waals surface area contributed by atoms with Gasteiger partial charge in [0.1, 0.15) is 5.82 Å². The molecule has 0 saturated carbocycles.